The smallest absolute Gasteiger partial charge is 0.263 e. The van der Waals surface area contributed by atoms with Gasteiger partial charge in [-0.15, -0.1) is 0 Å². The molecule has 3 heterocycles. The molecule has 1 saturated heterocycles. The monoisotopic (exact) mass is 407 g/mol. The maximum absolute atomic E-state index is 12.1. The van der Waals surface area contributed by atoms with E-state index in [2.05, 4.69) is 27.3 Å². The summed E-state index contributed by atoms with van der Waals surface area (Å²) >= 11 is 0. The molecule has 0 atom stereocenters. The van der Waals surface area contributed by atoms with Gasteiger partial charge in [-0.3, -0.25) is 4.79 Å². The number of anilines is 1. The second-order valence-corrected chi connectivity index (χ2v) is 7.79. The fourth-order valence-electron chi connectivity index (χ4n) is 3.84. The first kappa shape index (κ1) is 20.3. The molecule has 1 aromatic carbocycles. The minimum Gasteiger partial charge on any atom is -0.356 e. The van der Waals surface area contributed by atoms with Crippen LogP contribution in [0.25, 0.3) is 22.4 Å². The fraction of sp³-hybridized carbons (Fsp3) is 0.478. The van der Waals surface area contributed by atoms with Crippen LogP contribution in [0.1, 0.15) is 51.3 Å². The maximum atomic E-state index is 12.1. The van der Waals surface area contributed by atoms with Gasteiger partial charge in [0.15, 0.2) is 0 Å². The summed E-state index contributed by atoms with van der Waals surface area (Å²) in [5.41, 5.74) is 2.25. The van der Waals surface area contributed by atoms with E-state index in [1.165, 1.54) is 6.42 Å². The largest absolute Gasteiger partial charge is 0.356 e. The summed E-state index contributed by atoms with van der Waals surface area (Å²) in [7, 11) is 0. The number of hydrogen-bond donors (Lipinski definition) is 1. The van der Waals surface area contributed by atoms with Gasteiger partial charge < -0.3 is 14.7 Å². The van der Waals surface area contributed by atoms with Crippen LogP contribution < -0.4 is 10.2 Å². The minimum atomic E-state index is 0.0363. The topological polar surface area (TPSA) is 84.2 Å². The van der Waals surface area contributed by atoms with Crippen molar-refractivity contribution < 1.29 is 9.32 Å². The van der Waals surface area contributed by atoms with Crippen molar-refractivity contribution in [3.05, 3.63) is 36.2 Å². The SMILES string of the molecule is CCCCNC(=O)CCc1nc(N2CCCCC2)c2c(-c3ccccc3)noc2n1. The molecule has 7 heteroatoms. The lowest BCUT2D eigenvalue weighted by atomic mass is 10.1. The summed E-state index contributed by atoms with van der Waals surface area (Å²) in [6, 6.07) is 10.0. The van der Waals surface area contributed by atoms with Gasteiger partial charge in [0.25, 0.3) is 5.71 Å². The zero-order chi connectivity index (χ0) is 20.8. The van der Waals surface area contributed by atoms with Gasteiger partial charge in [-0.05, 0) is 25.7 Å². The van der Waals surface area contributed by atoms with E-state index in [0.717, 1.165) is 67.8 Å². The summed E-state index contributed by atoms with van der Waals surface area (Å²) in [5.74, 6) is 1.54. The number of aryl methyl sites for hydroxylation is 1. The van der Waals surface area contributed by atoms with Gasteiger partial charge in [-0.25, -0.2) is 4.98 Å². The Bertz CT molecular complexity index is 980. The van der Waals surface area contributed by atoms with Crippen molar-refractivity contribution in [2.75, 3.05) is 24.5 Å². The highest BCUT2D eigenvalue weighted by atomic mass is 16.5. The molecule has 30 heavy (non-hydrogen) atoms. The first-order valence-corrected chi connectivity index (χ1v) is 11.0. The molecule has 4 rings (SSSR count). The van der Waals surface area contributed by atoms with Gasteiger partial charge >= 0.3 is 0 Å². The lowest BCUT2D eigenvalue weighted by Crippen LogP contribution is -2.31. The first-order valence-electron chi connectivity index (χ1n) is 11.0. The number of fused-ring (bicyclic) bond motifs is 1. The highest BCUT2D eigenvalue weighted by Gasteiger charge is 2.23. The van der Waals surface area contributed by atoms with Crippen LogP contribution in [0.3, 0.4) is 0 Å². The number of aromatic nitrogens is 3. The molecule has 0 unspecified atom stereocenters. The number of rotatable bonds is 8. The summed E-state index contributed by atoms with van der Waals surface area (Å²) in [5, 5.41) is 8.14. The van der Waals surface area contributed by atoms with Crippen molar-refractivity contribution in [3.63, 3.8) is 0 Å². The van der Waals surface area contributed by atoms with Gasteiger partial charge in [0, 0.05) is 38.0 Å². The van der Waals surface area contributed by atoms with Crippen LogP contribution in [-0.4, -0.2) is 40.7 Å². The van der Waals surface area contributed by atoms with E-state index in [-0.39, 0.29) is 5.91 Å². The maximum Gasteiger partial charge on any atom is 0.263 e. The zero-order valence-corrected chi connectivity index (χ0v) is 17.6. The number of hydrogen-bond acceptors (Lipinski definition) is 6. The molecule has 1 aliphatic rings. The van der Waals surface area contributed by atoms with E-state index in [1.54, 1.807) is 0 Å². The Hall–Kier alpha value is -2.96. The number of unbranched alkanes of at least 4 members (excludes halogenated alkanes) is 1. The number of piperidine rings is 1. The Morgan fingerprint density at radius 1 is 1.13 bits per heavy atom. The fourth-order valence-corrected chi connectivity index (χ4v) is 3.84. The van der Waals surface area contributed by atoms with E-state index in [1.807, 2.05) is 30.3 Å². The third-order valence-electron chi connectivity index (χ3n) is 5.49. The van der Waals surface area contributed by atoms with Gasteiger partial charge in [0.2, 0.25) is 5.91 Å². The lowest BCUT2D eigenvalue weighted by molar-refractivity contribution is -0.121. The van der Waals surface area contributed by atoms with Crippen LogP contribution in [0.15, 0.2) is 34.9 Å². The minimum absolute atomic E-state index is 0.0363. The third kappa shape index (κ3) is 4.61. The van der Waals surface area contributed by atoms with E-state index >= 15 is 0 Å². The number of nitrogens with zero attached hydrogens (tertiary/aromatic N) is 4. The predicted molar refractivity (Wildman–Crippen MR) is 117 cm³/mol. The summed E-state index contributed by atoms with van der Waals surface area (Å²) < 4.78 is 5.63. The van der Waals surface area contributed by atoms with Gasteiger partial charge in [0.05, 0.1) is 0 Å². The molecule has 158 valence electrons. The number of carbonyl (C=O) groups excluding carboxylic acids is 1. The molecule has 0 aliphatic carbocycles. The number of carbonyl (C=O) groups is 1. The van der Waals surface area contributed by atoms with Crippen molar-refractivity contribution in [2.45, 2.75) is 51.9 Å². The van der Waals surface area contributed by atoms with Crippen molar-refractivity contribution in [1.82, 2.24) is 20.4 Å². The molecule has 2 aromatic heterocycles. The van der Waals surface area contributed by atoms with Gasteiger partial charge in [0.1, 0.15) is 22.7 Å². The molecule has 3 aromatic rings. The number of amides is 1. The van der Waals surface area contributed by atoms with Crippen LogP contribution in [0, 0.1) is 0 Å². The molecule has 0 spiro atoms. The standard InChI is InChI=1S/C23H29N5O2/c1-2-3-14-24-19(29)13-12-18-25-22(28-15-8-5-9-16-28)20-21(27-30-23(20)26-18)17-10-6-4-7-11-17/h4,6-7,10-11H,2-3,5,8-9,12-16H2,1H3,(H,24,29). The Morgan fingerprint density at radius 2 is 1.93 bits per heavy atom. The van der Waals surface area contributed by atoms with Gasteiger partial charge in [-0.2, -0.15) is 4.98 Å². The van der Waals surface area contributed by atoms with Gasteiger partial charge in [-0.1, -0.05) is 48.8 Å². The van der Waals surface area contributed by atoms with E-state index < -0.39 is 0 Å². The Kier molecular flexibility index (Phi) is 6.57. The van der Waals surface area contributed by atoms with Crippen LogP contribution >= 0.6 is 0 Å². The van der Waals surface area contributed by atoms with E-state index in [0.29, 0.717) is 24.4 Å². The van der Waals surface area contributed by atoms with E-state index in [9.17, 15) is 4.79 Å². The van der Waals surface area contributed by atoms with E-state index in [4.69, 9.17) is 9.51 Å². The molecular weight excluding hydrogens is 378 g/mol. The van der Waals surface area contributed by atoms with Crippen molar-refractivity contribution in [1.29, 1.82) is 0 Å². The van der Waals surface area contributed by atoms with Crippen molar-refractivity contribution in [3.8, 4) is 11.3 Å². The van der Waals surface area contributed by atoms with Crippen LogP contribution in [0.2, 0.25) is 0 Å². The quantitative estimate of drug-likeness (QED) is 0.566. The highest BCUT2D eigenvalue weighted by Crippen LogP contribution is 2.34. The third-order valence-corrected chi connectivity index (χ3v) is 5.49. The average Bonchev–Trinajstić information content (AvgIpc) is 3.22. The highest BCUT2D eigenvalue weighted by molar-refractivity contribution is 5.98. The second kappa shape index (κ2) is 9.69. The molecule has 0 radical (unpaired) electrons. The van der Waals surface area contributed by atoms with Crippen molar-refractivity contribution in [2.24, 2.45) is 0 Å². The summed E-state index contributed by atoms with van der Waals surface area (Å²) in [4.78, 5) is 23.9. The normalized spacial score (nSPS) is 14.2. The Balaban J connectivity index is 1.64. The molecule has 1 amide bonds. The predicted octanol–water partition coefficient (Wildman–Crippen LogP) is 4.12. The van der Waals surface area contributed by atoms with Crippen LogP contribution in [-0.2, 0) is 11.2 Å². The number of nitrogens with one attached hydrogen (secondary N) is 1. The molecule has 1 N–H and O–H groups in total. The Morgan fingerprint density at radius 3 is 2.70 bits per heavy atom. The zero-order valence-electron chi connectivity index (χ0n) is 17.6. The first-order chi connectivity index (χ1) is 14.8. The van der Waals surface area contributed by atoms with Crippen LogP contribution in [0.5, 0.6) is 0 Å². The molecule has 0 bridgehead atoms. The molecule has 0 saturated carbocycles. The molecule has 1 fully saturated rings. The molecular formula is C23H29N5O2. The lowest BCUT2D eigenvalue weighted by Gasteiger charge is -2.28. The number of benzene rings is 1. The van der Waals surface area contributed by atoms with Crippen molar-refractivity contribution >= 4 is 22.8 Å². The molecule has 1 aliphatic heterocycles. The average molecular weight is 408 g/mol. The van der Waals surface area contributed by atoms with Crippen LogP contribution in [0.4, 0.5) is 5.82 Å². The molecule has 7 nitrogen and oxygen atoms in total. The Labute approximate surface area is 176 Å². The summed E-state index contributed by atoms with van der Waals surface area (Å²) in [6.07, 6.45) is 6.44. The summed E-state index contributed by atoms with van der Waals surface area (Å²) in [6.45, 7) is 4.75. The second-order valence-electron chi connectivity index (χ2n) is 7.79.